The monoisotopic (exact) mass is 888 g/mol. The summed E-state index contributed by atoms with van der Waals surface area (Å²) in [5, 5.41) is 21.9. The van der Waals surface area contributed by atoms with Crippen LogP contribution in [0.1, 0.15) is 184 Å². The first kappa shape index (κ1) is 54.0. The smallest absolute Gasteiger partial charge is 0.716 e. The SMILES string of the molecule is CC1(C)C2CCC3(C)[C@H](C(=O)C=C4C5C[C@@](C)(C(=O)O)CC[C@]5(C)CC[C@]43C)[C@@]2(C)CC[C@@H]1OC(=O)CCC(=O)OS(=O)(=O)[O-].CCCCCCCCCCCNCCO.[Na+]. The van der Waals surface area contributed by atoms with Gasteiger partial charge in [-0.2, -0.15) is 0 Å². The number of unbranched alkanes of at least 4 members (excludes halogenated alkanes) is 8. The van der Waals surface area contributed by atoms with Gasteiger partial charge in [0.2, 0.25) is 0 Å². The number of carbonyl (C=O) groups is 4. The van der Waals surface area contributed by atoms with E-state index in [1.165, 1.54) is 63.4 Å². The van der Waals surface area contributed by atoms with Gasteiger partial charge in [-0.1, -0.05) is 105 Å². The molecule has 61 heavy (non-hydrogen) atoms. The van der Waals surface area contributed by atoms with Gasteiger partial charge in [0.05, 0.1) is 24.9 Å². The zero-order valence-electron chi connectivity index (χ0n) is 39.1. The van der Waals surface area contributed by atoms with Crippen LogP contribution in [0.4, 0.5) is 0 Å². The predicted molar refractivity (Wildman–Crippen MR) is 229 cm³/mol. The van der Waals surface area contributed by atoms with Crippen molar-refractivity contribution in [2.75, 3.05) is 19.7 Å². The molecule has 5 aliphatic carbocycles. The van der Waals surface area contributed by atoms with Crippen LogP contribution in [0.2, 0.25) is 0 Å². The molecule has 0 aromatic carbocycles. The van der Waals surface area contributed by atoms with Crippen molar-refractivity contribution in [2.24, 2.45) is 50.2 Å². The van der Waals surface area contributed by atoms with Crippen LogP contribution in [0.3, 0.4) is 0 Å². The van der Waals surface area contributed by atoms with Crippen LogP contribution in [-0.2, 0) is 38.5 Å². The van der Waals surface area contributed by atoms with Gasteiger partial charge in [-0.25, -0.2) is 8.42 Å². The molecule has 14 heteroatoms. The largest absolute Gasteiger partial charge is 1.00 e. The molecule has 5 rings (SSSR count). The molecule has 4 saturated carbocycles. The van der Waals surface area contributed by atoms with Crippen LogP contribution in [-0.4, -0.2) is 72.7 Å². The second-order valence-corrected chi connectivity index (χ2v) is 22.0. The molecule has 0 spiro atoms. The topological polar surface area (TPSA) is 196 Å². The number of nitrogens with one attached hydrogen (secondary N) is 1. The zero-order valence-corrected chi connectivity index (χ0v) is 41.9. The number of carboxylic acid groups (broad SMARTS) is 1. The Balaban J connectivity index is 0.000000530. The number of carbonyl (C=O) groups excluding carboxylic acids is 3. The van der Waals surface area contributed by atoms with E-state index >= 15 is 0 Å². The number of aliphatic hydroxyl groups is 1. The van der Waals surface area contributed by atoms with Gasteiger partial charge < -0.3 is 29.0 Å². The Labute approximate surface area is 389 Å². The van der Waals surface area contributed by atoms with E-state index in [9.17, 15) is 37.3 Å². The number of hydrogen-bond donors (Lipinski definition) is 3. The van der Waals surface area contributed by atoms with Crippen LogP contribution in [0.15, 0.2) is 11.6 Å². The second kappa shape index (κ2) is 21.8. The Morgan fingerprint density at radius 2 is 1.41 bits per heavy atom. The van der Waals surface area contributed by atoms with Gasteiger partial charge in [-0.3, -0.25) is 19.2 Å². The molecule has 344 valence electrons. The van der Waals surface area contributed by atoms with Crippen molar-refractivity contribution in [1.82, 2.24) is 5.32 Å². The minimum absolute atomic E-state index is 0. The van der Waals surface area contributed by atoms with E-state index in [1.807, 2.05) is 13.0 Å². The van der Waals surface area contributed by atoms with Crippen LogP contribution in [0.25, 0.3) is 0 Å². The van der Waals surface area contributed by atoms with Gasteiger partial charge in [0.25, 0.3) is 10.4 Å². The van der Waals surface area contributed by atoms with Crippen LogP contribution in [0.5, 0.6) is 0 Å². The van der Waals surface area contributed by atoms with Crippen molar-refractivity contribution < 1.29 is 80.8 Å². The maximum Gasteiger partial charge on any atom is 1.00 e. The average molecular weight is 888 g/mol. The minimum atomic E-state index is -5.19. The molecule has 3 unspecified atom stereocenters. The van der Waals surface area contributed by atoms with E-state index in [0.29, 0.717) is 25.7 Å². The number of ketones is 1. The average Bonchev–Trinajstić information content (AvgIpc) is 3.15. The first-order chi connectivity index (χ1) is 27.9. The molecule has 3 N–H and O–H groups in total. The minimum Gasteiger partial charge on any atom is -0.716 e. The summed E-state index contributed by atoms with van der Waals surface area (Å²) in [4.78, 5) is 51.2. The third-order valence-corrected chi connectivity index (χ3v) is 17.2. The Morgan fingerprint density at radius 1 is 0.820 bits per heavy atom. The fraction of sp³-hybridized carbons (Fsp3) is 0.872. The predicted octanol–water partition coefficient (Wildman–Crippen LogP) is 5.85. The number of fused-ring (bicyclic) bond motifs is 7. The number of carboxylic acids is 1. The summed E-state index contributed by atoms with van der Waals surface area (Å²) in [6.45, 7) is 19.5. The zero-order chi connectivity index (χ0) is 44.8. The normalized spacial score (nSPS) is 35.0. The van der Waals surface area contributed by atoms with E-state index in [0.717, 1.165) is 45.2 Å². The molecule has 0 amide bonds. The number of aliphatic carboxylic acids is 1. The summed E-state index contributed by atoms with van der Waals surface area (Å²) >= 11 is 0. The first-order valence-electron chi connectivity index (χ1n) is 23.1. The molecule has 12 nitrogen and oxygen atoms in total. The molecule has 5 aliphatic rings. The summed E-state index contributed by atoms with van der Waals surface area (Å²) in [6, 6.07) is 0. The van der Waals surface area contributed by atoms with Gasteiger partial charge in [0, 0.05) is 17.9 Å². The molecule has 0 heterocycles. The Hall–Kier alpha value is -1.35. The number of allylic oxidation sites excluding steroid dienone is 2. The van der Waals surface area contributed by atoms with Crippen LogP contribution < -0.4 is 34.9 Å². The summed E-state index contributed by atoms with van der Waals surface area (Å²) in [6.07, 6.45) is 19.8. The Morgan fingerprint density at radius 3 is 2.00 bits per heavy atom. The summed E-state index contributed by atoms with van der Waals surface area (Å²) in [5.74, 6) is -2.69. The number of esters is 1. The third kappa shape index (κ3) is 12.1. The van der Waals surface area contributed by atoms with E-state index in [2.05, 4.69) is 58.0 Å². The molecule has 0 radical (unpaired) electrons. The second-order valence-electron chi connectivity index (χ2n) is 21.1. The van der Waals surface area contributed by atoms with E-state index in [4.69, 9.17) is 9.84 Å². The number of ether oxygens (including phenoxy) is 1. The molecule has 0 aromatic rings. The van der Waals surface area contributed by atoms with Gasteiger partial charge in [0.1, 0.15) is 6.10 Å². The quantitative estimate of drug-likeness (QED) is 0.0489. The summed E-state index contributed by atoms with van der Waals surface area (Å²) in [5.41, 5.74) is -1.03. The number of rotatable bonds is 18. The fourth-order valence-corrected chi connectivity index (χ4v) is 13.2. The molecule has 0 saturated heterocycles. The van der Waals surface area contributed by atoms with Crippen molar-refractivity contribution in [3.05, 3.63) is 11.6 Å². The van der Waals surface area contributed by atoms with Gasteiger partial charge in [-0.05, 0) is 117 Å². The van der Waals surface area contributed by atoms with Crippen molar-refractivity contribution in [1.29, 1.82) is 0 Å². The van der Waals surface area contributed by atoms with Crippen LogP contribution in [0, 0.1) is 50.2 Å². The van der Waals surface area contributed by atoms with Crippen LogP contribution >= 0.6 is 0 Å². The number of aliphatic hydroxyl groups excluding tert-OH is 1. The maximum atomic E-state index is 14.5. The van der Waals surface area contributed by atoms with Crippen molar-refractivity contribution in [3.8, 4) is 0 Å². The standard InChI is InChI=1S/C34H50O10S.C13H29NO.Na/c1-29(2)23-10-13-34(7)27(32(23,5)12-11-24(29)43-25(36)8-9-26(37)44-45(40,41)42)22(35)18-20-21-19-31(4,28(38)39)15-14-30(21,3)16-17-33(20,34)6;1-2-3-4-5-6-7-8-9-10-11-14-12-13-15;/h18,21,23-24,27H,8-17,19H2,1-7H3,(H,38,39)(H,40,41,42);14-15H,2-13H2,1H3;/q;;+1/p-1/t21?,23?,24-,27+,30+,31-,32-,33+,34?;;/m0../s1. The third-order valence-electron chi connectivity index (χ3n) is 16.8. The molecule has 9 atom stereocenters. The van der Waals surface area contributed by atoms with Crippen molar-refractivity contribution in [3.63, 3.8) is 0 Å². The van der Waals surface area contributed by atoms with Gasteiger partial charge >= 0.3 is 47.5 Å². The molecule has 0 aliphatic heterocycles. The van der Waals surface area contributed by atoms with E-state index in [-0.39, 0.29) is 81.4 Å². The van der Waals surface area contributed by atoms with Gasteiger partial charge in [-0.15, -0.1) is 0 Å². The molecular weight excluding hydrogens is 810 g/mol. The molecule has 0 aromatic heterocycles. The molecule has 4 fully saturated rings. The van der Waals surface area contributed by atoms with Gasteiger partial charge in [0.15, 0.2) is 5.78 Å². The summed E-state index contributed by atoms with van der Waals surface area (Å²) in [7, 11) is -5.19. The number of hydrogen-bond acceptors (Lipinski definition) is 11. The first-order valence-corrected chi connectivity index (χ1v) is 24.5. The maximum absolute atomic E-state index is 14.5. The molecule has 0 bridgehead atoms. The van der Waals surface area contributed by atoms with E-state index < -0.39 is 58.1 Å². The Kier molecular flexibility index (Phi) is 19.3. The Bertz CT molecular complexity index is 1670. The van der Waals surface area contributed by atoms with Crippen molar-refractivity contribution in [2.45, 2.75) is 190 Å². The summed E-state index contributed by atoms with van der Waals surface area (Å²) < 4.78 is 41.6. The van der Waals surface area contributed by atoms with Crippen molar-refractivity contribution >= 4 is 34.1 Å². The van der Waals surface area contributed by atoms with E-state index in [1.54, 1.807) is 0 Å². The fourth-order valence-electron chi connectivity index (χ4n) is 12.9. The molecular formula is C47H78NNaO11S.